The van der Waals surface area contributed by atoms with Crippen LogP contribution >= 0.6 is 0 Å². The van der Waals surface area contributed by atoms with Gasteiger partial charge in [0.15, 0.2) is 0 Å². The van der Waals surface area contributed by atoms with Gasteiger partial charge in [-0.3, -0.25) is 0 Å². The molecule has 0 aliphatic rings. The smallest absolute Gasteiger partial charge is 0.0398 e. The van der Waals surface area contributed by atoms with Crippen molar-refractivity contribution < 1.29 is 5.11 Å². The average molecular weight is 220 g/mol. The van der Waals surface area contributed by atoms with E-state index in [0.29, 0.717) is 0 Å². The van der Waals surface area contributed by atoms with Gasteiger partial charge in [0.1, 0.15) is 0 Å². The van der Waals surface area contributed by atoms with E-state index in [0.717, 1.165) is 31.9 Å². The zero-order chi connectivity index (χ0) is 11.8. The maximum Gasteiger partial charge on any atom is -0.0398 e. The fourth-order valence-electron chi connectivity index (χ4n) is 1.46. The van der Waals surface area contributed by atoms with E-state index in [1.807, 2.05) is 32.9 Å². The second-order valence-electron chi connectivity index (χ2n) is 3.83. The molecule has 2 heteroatoms. The molecule has 1 aromatic rings. The molecule has 0 unspecified atom stereocenters. The van der Waals surface area contributed by atoms with Gasteiger partial charge in [0, 0.05) is 0 Å². The first kappa shape index (κ1) is 14.6. The third-order valence-corrected chi connectivity index (χ3v) is 3.34. The van der Waals surface area contributed by atoms with Crippen LogP contribution in [0.5, 0.6) is 5.75 Å². The Hall–Kier alpha value is -0.448. The van der Waals surface area contributed by atoms with Crippen LogP contribution in [0.25, 0.3) is 0 Å². The summed E-state index contributed by atoms with van der Waals surface area (Å²) in [6.07, 6.45) is 0. The van der Waals surface area contributed by atoms with E-state index in [9.17, 15) is 5.11 Å². The van der Waals surface area contributed by atoms with Crippen LogP contribution in [0.3, 0.4) is 0 Å². The molecule has 0 spiro atoms. The number of hydrogen-bond acceptors (Lipinski definition) is 1. The third-order valence-electron chi connectivity index (χ3n) is 2.18. The molecule has 1 rings (SSSR count). The summed E-state index contributed by atoms with van der Waals surface area (Å²) < 4.78 is 0. The van der Waals surface area contributed by atoms with Crippen LogP contribution in [-0.4, -0.2) is 15.2 Å². The van der Waals surface area contributed by atoms with Crippen molar-refractivity contribution in [2.24, 2.45) is 0 Å². The summed E-state index contributed by atoms with van der Waals surface area (Å²) in [5, 5.41) is 14.0. The normalized spacial score (nSPS) is 8.87. The summed E-state index contributed by atoms with van der Waals surface area (Å²) >= 11 is 0.815. The molecule has 0 saturated carbocycles. The van der Waals surface area contributed by atoms with Crippen molar-refractivity contribution in [2.45, 2.75) is 45.2 Å². The molecule has 0 radical (unpaired) electrons. The Morgan fingerprint density at radius 2 is 1.40 bits per heavy atom. The minimum absolute atomic E-state index is 0.172. The number of rotatable bonds is 2. The van der Waals surface area contributed by atoms with Gasteiger partial charge in [0.25, 0.3) is 0 Å². The molecule has 0 atom stereocenters. The van der Waals surface area contributed by atoms with Crippen molar-refractivity contribution in [1.29, 1.82) is 0 Å². The van der Waals surface area contributed by atoms with Gasteiger partial charge in [-0.1, -0.05) is 28.8 Å². The molecule has 0 saturated heterocycles. The Morgan fingerprint density at radius 3 is 1.67 bits per heavy atom. The molecule has 0 bridgehead atoms. The molecule has 0 aliphatic carbocycles. The Bertz CT molecular complexity index is 270. The molecule has 82 valence electrons. The summed E-state index contributed by atoms with van der Waals surface area (Å²) in [4.78, 5) is 0. The van der Waals surface area contributed by atoms with Crippen LogP contribution in [0.1, 0.15) is 30.5 Å². The SMILES string of the molecule is C[CH2][Al+][CH2]C.Cc1cc(C)c([O-])c(C)c1. The van der Waals surface area contributed by atoms with Crippen molar-refractivity contribution in [2.75, 3.05) is 0 Å². The Morgan fingerprint density at radius 1 is 1.00 bits per heavy atom. The van der Waals surface area contributed by atoms with Crippen molar-refractivity contribution in [3.8, 4) is 5.75 Å². The summed E-state index contributed by atoms with van der Waals surface area (Å²) in [5.41, 5.74) is 2.85. The average Bonchev–Trinajstić information content (AvgIpc) is 2.16. The van der Waals surface area contributed by atoms with E-state index >= 15 is 0 Å². The Labute approximate surface area is 100 Å². The van der Waals surface area contributed by atoms with Gasteiger partial charge in [-0.15, -0.1) is 5.75 Å². The molecular formula is C13H21AlO. The second-order valence-corrected chi connectivity index (χ2v) is 6.04. The van der Waals surface area contributed by atoms with Gasteiger partial charge in [0.05, 0.1) is 0 Å². The standard InChI is InChI=1S/C9H12O.2C2H5.Al/c1-6-4-7(2)9(10)8(3)5-6;2*1-2;/h4-5,10H,1-3H3;2*1H2,2H3;/q;;;+1/p-1. The second kappa shape index (κ2) is 7.79. The van der Waals surface area contributed by atoms with Crippen LogP contribution < -0.4 is 5.11 Å². The molecule has 0 aromatic heterocycles. The first-order chi connectivity index (χ1) is 7.02. The first-order valence-electron chi connectivity index (χ1n) is 5.59. The predicted molar refractivity (Wildman–Crippen MR) is 66.8 cm³/mol. The van der Waals surface area contributed by atoms with E-state index in [1.54, 1.807) is 0 Å². The summed E-state index contributed by atoms with van der Waals surface area (Å²) in [5.74, 6) is 0.172. The van der Waals surface area contributed by atoms with Gasteiger partial charge in [0.2, 0.25) is 0 Å². The maximum absolute atomic E-state index is 11.1. The molecule has 1 aromatic carbocycles. The third kappa shape index (κ3) is 5.87. The fourth-order valence-corrected chi connectivity index (χ4v) is 2.03. The van der Waals surface area contributed by atoms with E-state index in [1.165, 1.54) is 10.6 Å². The quantitative estimate of drug-likeness (QED) is 0.701. The maximum atomic E-state index is 11.1. The monoisotopic (exact) mass is 220 g/mol. The van der Waals surface area contributed by atoms with Gasteiger partial charge in [-0.25, -0.2) is 0 Å². The Balaban J connectivity index is 0.000000336. The van der Waals surface area contributed by atoms with Crippen molar-refractivity contribution in [3.63, 3.8) is 0 Å². The predicted octanol–water partition coefficient (Wildman–Crippen LogP) is 3.25. The van der Waals surface area contributed by atoms with Crippen LogP contribution in [0.2, 0.25) is 10.6 Å². The van der Waals surface area contributed by atoms with E-state index in [2.05, 4.69) is 13.8 Å². The fraction of sp³-hybridized carbons (Fsp3) is 0.538. The van der Waals surface area contributed by atoms with Gasteiger partial charge in [-0.05, 0) is 20.8 Å². The van der Waals surface area contributed by atoms with Gasteiger partial charge >= 0.3 is 39.6 Å². The van der Waals surface area contributed by atoms with Gasteiger partial charge < -0.3 is 5.11 Å². The number of benzene rings is 1. The van der Waals surface area contributed by atoms with Gasteiger partial charge in [-0.2, -0.15) is 0 Å². The summed E-state index contributed by atoms with van der Waals surface area (Å²) in [7, 11) is 0. The van der Waals surface area contributed by atoms with Crippen LogP contribution in [0.4, 0.5) is 0 Å². The minimum atomic E-state index is 0.172. The molecule has 0 heterocycles. The number of aryl methyl sites for hydroxylation is 3. The molecule has 15 heavy (non-hydrogen) atoms. The Kier molecular flexibility index (Phi) is 7.56. The van der Waals surface area contributed by atoms with Crippen molar-refractivity contribution in [3.05, 3.63) is 28.8 Å². The minimum Gasteiger partial charge on any atom is -0.872 e. The molecule has 0 amide bonds. The molecular weight excluding hydrogens is 199 g/mol. The molecule has 0 N–H and O–H groups in total. The van der Waals surface area contributed by atoms with E-state index < -0.39 is 0 Å². The summed E-state index contributed by atoms with van der Waals surface area (Å²) in [6.45, 7) is 10.2. The van der Waals surface area contributed by atoms with E-state index in [4.69, 9.17) is 0 Å². The van der Waals surface area contributed by atoms with Crippen molar-refractivity contribution in [1.82, 2.24) is 0 Å². The first-order valence-corrected chi connectivity index (χ1v) is 7.22. The van der Waals surface area contributed by atoms with E-state index in [-0.39, 0.29) is 5.75 Å². The topological polar surface area (TPSA) is 23.1 Å². The number of hydrogen-bond donors (Lipinski definition) is 0. The zero-order valence-electron chi connectivity index (χ0n) is 10.6. The van der Waals surface area contributed by atoms with Crippen LogP contribution in [0.15, 0.2) is 12.1 Å². The molecule has 0 aliphatic heterocycles. The molecule has 1 nitrogen and oxygen atoms in total. The zero-order valence-corrected chi connectivity index (χ0v) is 11.7. The molecule has 0 fully saturated rings. The summed E-state index contributed by atoms with van der Waals surface area (Å²) in [6, 6.07) is 3.82. The largest absolute Gasteiger partial charge is 0.872 e. The van der Waals surface area contributed by atoms with Crippen molar-refractivity contribution >= 4 is 15.2 Å². The van der Waals surface area contributed by atoms with Crippen LogP contribution in [0, 0.1) is 20.8 Å². The van der Waals surface area contributed by atoms with Crippen LogP contribution in [-0.2, 0) is 0 Å².